The molecule has 108 valence electrons. The standard InChI is InChI=1S/C14H19N3O3/c1-8(2)12(13(18)20-4)17-11-7-9(19-3)5-6-10(11)16-14(17)15/h5-8,12H,1-4H3,(H2,15,16). The second-order valence-corrected chi connectivity index (χ2v) is 4.91. The monoisotopic (exact) mass is 277 g/mol. The number of imidazole rings is 1. The molecule has 0 aliphatic heterocycles. The van der Waals surface area contributed by atoms with Crippen LogP contribution in [0, 0.1) is 5.92 Å². The molecule has 0 amide bonds. The van der Waals surface area contributed by atoms with Gasteiger partial charge < -0.3 is 15.2 Å². The van der Waals surface area contributed by atoms with Crippen molar-refractivity contribution < 1.29 is 14.3 Å². The molecule has 0 spiro atoms. The molecule has 0 saturated carbocycles. The van der Waals surface area contributed by atoms with Crippen LogP contribution in [0.15, 0.2) is 18.2 Å². The second-order valence-electron chi connectivity index (χ2n) is 4.91. The molecular weight excluding hydrogens is 258 g/mol. The number of ether oxygens (including phenoxy) is 2. The van der Waals surface area contributed by atoms with Crippen LogP contribution in [-0.4, -0.2) is 29.7 Å². The van der Waals surface area contributed by atoms with Gasteiger partial charge >= 0.3 is 5.97 Å². The first-order valence-electron chi connectivity index (χ1n) is 6.38. The molecule has 0 aliphatic rings. The number of carbonyl (C=O) groups is 1. The quantitative estimate of drug-likeness (QED) is 0.865. The van der Waals surface area contributed by atoms with Gasteiger partial charge in [0.1, 0.15) is 11.8 Å². The Balaban J connectivity index is 2.67. The fourth-order valence-electron chi connectivity index (χ4n) is 2.31. The third-order valence-corrected chi connectivity index (χ3v) is 3.28. The van der Waals surface area contributed by atoms with Gasteiger partial charge in [0, 0.05) is 6.07 Å². The number of benzene rings is 1. The van der Waals surface area contributed by atoms with E-state index < -0.39 is 6.04 Å². The van der Waals surface area contributed by atoms with E-state index in [4.69, 9.17) is 15.2 Å². The normalized spacial score (nSPS) is 12.7. The summed E-state index contributed by atoms with van der Waals surface area (Å²) in [5.74, 6) is 0.658. The Morgan fingerprint density at radius 2 is 2.05 bits per heavy atom. The predicted octanol–water partition coefficient (Wildman–Crippen LogP) is 2.00. The minimum atomic E-state index is -0.517. The molecule has 0 saturated heterocycles. The minimum absolute atomic E-state index is 0.0216. The molecule has 1 aromatic carbocycles. The summed E-state index contributed by atoms with van der Waals surface area (Å²) in [6.07, 6.45) is 0. The molecule has 0 aliphatic carbocycles. The number of anilines is 1. The van der Waals surface area contributed by atoms with E-state index in [9.17, 15) is 4.79 Å². The molecule has 1 unspecified atom stereocenters. The topological polar surface area (TPSA) is 79.4 Å². The smallest absolute Gasteiger partial charge is 0.329 e. The zero-order valence-electron chi connectivity index (χ0n) is 12.1. The van der Waals surface area contributed by atoms with E-state index in [0.717, 1.165) is 11.0 Å². The van der Waals surface area contributed by atoms with Crippen LogP contribution in [0.4, 0.5) is 5.95 Å². The van der Waals surface area contributed by atoms with Crippen molar-refractivity contribution in [3.63, 3.8) is 0 Å². The third kappa shape index (κ3) is 2.29. The average molecular weight is 277 g/mol. The third-order valence-electron chi connectivity index (χ3n) is 3.28. The Morgan fingerprint density at radius 3 is 2.60 bits per heavy atom. The molecule has 6 heteroatoms. The van der Waals surface area contributed by atoms with Crippen LogP contribution in [0.1, 0.15) is 19.9 Å². The lowest BCUT2D eigenvalue weighted by Crippen LogP contribution is -2.26. The average Bonchev–Trinajstić information content (AvgIpc) is 2.74. The summed E-state index contributed by atoms with van der Waals surface area (Å²) in [7, 11) is 2.96. The summed E-state index contributed by atoms with van der Waals surface area (Å²) in [6.45, 7) is 3.88. The van der Waals surface area contributed by atoms with Crippen molar-refractivity contribution in [1.29, 1.82) is 0 Å². The molecule has 6 nitrogen and oxygen atoms in total. The van der Waals surface area contributed by atoms with Crippen molar-refractivity contribution in [2.45, 2.75) is 19.9 Å². The SMILES string of the molecule is COC(=O)C(C(C)C)n1c(N)nc2ccc(OC)cc21. The first kappa shape index (κ1) is 14.2. The fraction of sp³-hybridized carbons (Fsp3) is 0.429. The van der Waals surface area contributed by atoms with E-state index in [1.165, 1.54) is 7.11 Å². The number of carbonyl (C=O) groups excluding carboxylic acids is 1. The number of nitrogen functional groups attached to an aromatic ring is 1. The Kier molecular flexibility index (Phi) is 3.83. The maximum Gasteiger partial charge on any atom is 0.329 e. The Morgan fingerprint density at radius 1 is 1.35 bits per heavy atom. The van der Waals surface area contributed by atoms with Gasteiger partial charge in [0.25, 0.3) is 0 Å². The van der Waals surface area contributed by atoms with Crippen LogP contribution in [0.3, 0.4) is 0 Å². The molecule has 2 N–H and O–H groups in total. The first-order chi connectivity index (χ1) is 9.49. The van der Waals surface area contributed by atoms with Crippen molar-refractivity contribution >= 4 is 23.0 Å². The summed E-state index contributed by atoms with van der Waals surface area (Å²) in [5, 5.41) is 0. The van der Waals surface area contributed by atoms with E-state index in [1.54, 1.807) is 11.7 Å². The van der Waals surface area contributed by atoms with Gasteiger partial charge in [-0.2, -0.15) is 0 Å². The fourth-order valence-corrected chi connectivity index (χ4v) is 2.31. The molecule has 1 aromatic heterocycles. The number of methoxy groups -OCH3 is 2. The largest absolute Gasteiger partial charge is 0.497 e. The van der Waals surface area contributed by atoms with Crippen molar-refractivity contribution in [2.75, 3.05) is 20.0 Å². The van der Waals surface area contributed by atoms with Crippen molar-refractivity contribution in [2.24, 2.45) is 5.92 Å². The van der Waals surface area contributed by atoms with Gasteiger partial charge in [-0.15, -0.1) is 0 Å². The number of hydrogen-bond donors (Lipinski definition) is 1. The predicted molar refractivity (Wildman–Crippen MR) is 76.6 cm³/mol. The summed E-state index contributed by atoms with van der Waals surface area (Å²) < 4.78 is 11.8. The van der Waals surface area contributed by atoms with Gasteiger partial charge in [-0.1, -0.05) is 13.8 Å². The number of fused-ring (bicyclic) bond motifs is 1. The van der Waals surface area contributed by atoms with Gasteiger partial charge in [-0.3, -0.25) is 4.57 Å². The second kappa shape index (κ2) is 5.40. The Labute approximate surface area is 117 Å². The molecular formula is C14H19N3O3. The molecule has 0 fully saturated rings. The molecule has 2 rings (SSSR count). The van der Waals surface area contributed by atoms with Gasteiger partial charge in [-0.05, 0) is 18.1 Å². The Hall–Kier alpha value is -2.24. The van der Waals surface area contributed by atoms with Crippen LogP contribution in [0.2, 0.25) is 0 Å². The summed E-state index contributed by atoms with van der Waals surface area (Å²) in [4.78, 5) is 16.3. The van der Waals surface area contributed by atoms with E-state index in [1.807, 2.05) is 32.0 Å². The van der Waals surface area contributed by atoms with Gasteiger partial charge in [-0.25, -0.2) is 9.78 Å². The van der Waals surface area contributed by atoms with Crippen LogP contribution in [0.25, 0.3) is 11.0 Å². The number of nitrogens with zero attached hydrogens (tertiary/aromatic N) is 2. The number of esters is 1. The molecule has 1 atom stereocenters. The maximum absolute atomic E-state index is 12.0. The maximum atomic E-state index is 12.0. The van der Waals surface area contributed by atoms with Gasteiger partial charge in [0.2, 0.25) is 5.95 Å². The number of nitrogens with two attached hydrogens (primary N) is 1. The molecule has 20 heavy (non-hydrogen) atoms. The lowest BCUT2D eigenvalue weighted by molar-refractivity contribution is -0.145. The minimum Gasteiger partial charge on any atom is -0.497 e. The van der Waals surface area contributed by atoms with Crippen LogP contribution < -0.4 is 10.5 Å². The van der Waals surface area contributed by atoms with Crippen LogP contribution in [0.5, 0.6) is 5.75 Å². The zero-order chi connectivity index (χ0) is 14.9. The summed E-state index contributed by atoms with van der Waals surface area (Å²) >= 11 is 0. The van der Waals surface area contributed by atoms with Crippen molar-refractivity contribution in [3.05, 3.63) is 18.2 Å². The highest BCUT2D eigenvalue weighted by atomic mass is 16.5. The van der Waals surface area contributed by atoms with Crippen LogP contribution in [-0.2, 0) is 9.53 Å². The molecule has 1 heterocycles. The van der Waals surface area contributed by atoms with Crippen molar-refractivity contribution in [1.82, 2.24) is 9.55 Å². The van der Waals surface area contributed by atoms with Gasteiger partial charge in [0.05, 0.1) is 25.3 Å². The lowest BCUT2D eigenvalue weighted by Gasteiger charge is -2.21. The molecule has 0 bridgehead atoms. The zero-order valence-corrected chi connectivity index (χ0v) is 12.1. The van der Waals surface area contributed by atoms with E-state index in [2.05, 4.69) is 4.98 Å². The highest BCUT2D eigenvalue weighted by molar-refractivity contribution is 5.84. The lowest BCUT2D eigenvalue weighted by atomic mass is 10.0. The van der Waals surface area contributed by atoms with Crippen LogP contribution >= 0.6 is 0 Å². The van der Waals surface area contributed by atoms with E-state index in [0.29, 0.717) is 5.75 Å². The number of hydrogen-bond acceptors (Lipinski definition) is 5. The highest BCUT2D eigenvalue weighted by Crippen LogP contribution is 2.30. The summed E-state index contributed by atoms with van der Waals surface area (Å²) in [5.41, 5.74) is 7.46. The van der Waals surface area contributed by atoms with Crippen molar-refractivity contribution in [3.8, 4) is 5.75 Å². The first-order valence-corrected chi connectivity index (χ1v) is 6.38. The van der Waals surface area contributed by atoms with Gasteiger partial charge in [0.15, 0.2) is 0 Å². The van der Waals surface area contributed by atoms with E-state index >= 15 is 0 Å². The highest BCUT2D eigenvalue weighted by Gasteiger charge is 2.28. The molecule has 2 aromatic rings. The molecule has 0 radical (unpaired) electrons. The number of rotatable bonds is 4. The number of aromatic nitrogens is 2. The summed E-state index contributed by atoms with van der Waals surface area (Å²) in [6, 6.07) is 4.92. The van der Waals surface area contributed by atoms with E-state index in [-0.39, 0.29) is 17.8 Å². The Bertz CT molecular complexity index is 634.